The predicted octanol–water partition coefficient (Wildman–Crippen LogP) is 3.70. The first-order valence-corrected chi connectivity index (χ1v) is 10.5. The van der Waals surface area contributed by atoms with Gasteiger partial charge in [0.15, 0.2) is 0 Å². The lowest BCUT2D eigenvalue weighted by Crippen LogP contribution is -2.51. The van der Waals surface area contributed by atoms with E-state index in [1.807, 2.05) is 31.9 Å². The fraction of sp³-hybridized carbons (Fsp3) is 0.524. The van der Waals surface area contributed by atoms with Crippen molar-refractivity contribution in [2.24, 2.45) is 0 Å². The van der Waals surface area contributed by atoms with E-state index in [9.17, 15) is 4.79 Å². The van der Waals surface area contributed by atoms with E-state index in [0.29, 0.717) is 0 Å². The first-order valence-electron chi connectivity index (χ1n) is 9.66. The number of carbonyl (C=O) groups is 1. The molecule has 1 aromatic heterocycles. The van der Waals surface area contributed by atoms with Crippen LogP contribution in [0.15, 0.2) is 24.3 Å². The van der Waals surface area contributed by atoms with Crippen molar-refractivity contribution in [3.8, 4) is 5.75 Å². The molecule has 0 radical (unpaired) electrons. The van der Waals surface area contributed by atoms with E-state index in [1.54, 1.807) is 0 Å². The molecule has 2 heterocycles. The Balaban J connectivity index is 1.44. The SMILES string of the molecule is Cc1nc(C)c(C(=O)N(C)C2CCC3(CC2)CNCc2ccccc2O3)s1. The number of para-hydroxylation sites is 1. The molecular weight excluding hydrogens is 358 g/mol. The van der Waals surface area contributed by atoms with Crippen molar-refractivity contribution in [2.45, 2.75) is 57.7 Å². The number of nitrogens with zero attached hydrogens (tertiary/aromatic N) is 2. The van der Waals surface area contributed by atoms with Crippen LogP contribution in [0.1, 0.15) is 51.6 Å². The van der Waals surface area contributed by atoms with Gasteiger partial charge in [-0.25, -0.2) is 4.98 Å². The molecule has 2 aromatic rings. The molecule has 27 heavy (non-hydrogen) atoms. The minimum Gasteiger partial charge on any atom is -0.486 e. The van der Waals surface area contributed by atoms with Gasteiger partial charge in [-0.15, -0.1) is 11.3 Å². The van der Waals surface area contributed by atoms with Crippen LogP contribution in [0.3, 0.4) is 0 Å². The molecule has 4 rings (SSSR count). The summed E-state index contributed by atoms with van der Waals surface area (Å²) in [5.74, 6) is 1.10. The van der Waals surface area contributed by atoms with Crippen LogP contribution < -0.4 is 10.1 Å². The third-order valence-electron chi connectivity index (χ3n) is 5.89. The highest BCUT2D eigenvalue weighted by molar-refractivity contribution is 7.13. The fourth-order valence-corrected chi connectivity index (χ4v) is 5.20. The normalized spacial score (nSPS) is 24.8. The van der Waals surface area contributed by atoms with Gasteiger partial charge in [0, 0.05) is 31.7 Å². The van der Waals surface area contributed by atoms with Crippen molar-refractivity contribution in [1.82, 2.24) is 15.2 Å². The maximum absolute atomic E-state index is 12.9. The van der Waals surface area contributed by atoms with E-state index in [2.05, 4.69) is 28.5 Å². The zero-order valence-corrected chi connectivity index (χ0v) is 17.1. The molecule has 2 aliphatic rings. The number of aromatic nitrogens is 1. The second-order valence-electron chi connectivity index (χ2n) is 7.79. The van der Waals surface area contributed by atoms with Gasteiger partial charge in [-0.1, -0.05) is 18.2 Å². The summed E-state index contributed by atoms with van der Waals surface area (Å²) in [5.41, 5.74) is 1.90. The van der Waals surface area contributed by atoms with E-state index in [-0.39, 0.29) is 17.6 Å². The molecule has 144 valence electrons. The molecule has 0 bridgehead atoms. The van der Waals surface area contributed by atoms with E-state index < -0.39 is 0 Å². The number of ether oxygens (including phenoxy) is 1. The summed E-state index contributed by atoms with van der Waals surface area (Å²) in [6.07, 6.45) is 3.83. The van der Waals surface area contributed by atoms with Crippen LogP contribution in [0.4, 0.5) is 0 Å². The van der Waals surface area contributed by atoms with Gasteiger partial charge < -0.3 is 15.0 Å². The lowest BCUT2D eigenvalue weighted by Gasteiger charge is -2.42. The summed E-state index contributed by atoms with van der Waals surface area (Å²) in [5, 5.41) is 4.50. The molecule has 1 N–H and O–H groups in total. The van der Waals surface area contributed by atoms with Crippen LogP contribution >= 0.6 is 11.3 Å². The fourth-order valence-electron chi connectivity index (χ4n) is 4.29. The Morgan fingerprint density at radius 2 is 2.04 bits per heavy atom. The lowest BCUT2D eigenvalue weighted by atomic mass is 9.81. The van der Waals surface area contributed by atoms with Gasteiger partial charge >= 0.3 is 0 Å². The molecule has 0 saturated heterocycles. The van der Waals surface area contributed by atoms with Gasteiger partial charge in [0.05, 0.1) is 10.7 Å². The maximum atomic E-state index is 12.9. The average Bonchev–Trinajstić information content (AvgIpc) is 2.90. The number of amides is 1. The number of fused-ring (bicyclic) bond motifs is 1. The molecule has 5 nitrogen and oxygen atoms in total. The molecule has 0 atom stereocenters. The standard InChI is InChI=1S/C21H27N3O2S/c1-14-19(27-15(2)23-14)20(25)24(3)17-8-10-21(11-9-17)13-22-12-16-6-4-5-7-18(16)26-21/h4-7,17,22H,8-13H2,1-3H3. The Hall–Kier alpha value is -1.92. The van der Waals surface area contributed by atoms with Gasteiger partial charge in [-0.2, -0.15) is 0 Å². The highest BCUT2D eigenvalue weighted by atomic mass is 32.1. The second kappa shape index (κ2) is 7.24. The number of hydrogen-bond donors (Lipinski definition) is 1. The number of thiazole rings is 1. The van der Waals surface area contributed by atoms with Crippen LogP contribution in [0.2, 0.25) is 0 Å². The molecule has 1 aliphatic heterocycles. The number of hydrogen-bond acceptors (Lipinski definition) is 5. The number of benzene rings is 1. The van der Waals surface area contributed by atoms with Crippen molar-refractivity contribution >= 4 is 17.2 Å². The van der Waals surface area contributed by atoms with Crippen molar-refractivity contribution < 1.29 is 9.53 Å². The first-order chi connectivity index (χ1) is 13.0. The third kappa shape index (κ3) is 3.60. The van der Waals surface area contributed by atoms with Crippen LogP contribution in [0.5, 0.6) is 5.75 Å². The van der Waals surface area contributed by atoms with Crippen LogP contribution in [-0.2, 0) is 6.54 Å². The van der Waals surface area contributed by atoms with Crippen molar-refractivity contribution in [3.63, 3.8) is 0 Å². The summed E-state index contributed by atoms with van der Waals surface area (Å²) < 4.78 is 6.51. The number of nitrogens with one attached hydrogen (secondary N) is 1. The number of rotatable bonds is 2. The van der Waals surface area contributed by atoms with E-state index in [4.69, 9.17) is 4.74 Å². The van der Waals surface area contributed by atoms with Gasteiger partial charge in [-0.05, 0) is 45.6 Å². The van der Waals surface area contributed by atoms with Crippen molar-refractivity contribution in [2.75, 3.05) is 13.6 Å². The Bertz CT molecular complexity index is 840. The Morgan fingerprint density at radius 3 is 2.74 bits per heavy atom. The summed E-state index contributed by atoms with van der Waals surface area (Å²) in [7, 11) is 1.93. The molecule has 1 aliphatic carbocycles. The van der Waals surface area contributed by atoms with Crippen LogP contribution in [0, 0.1) is 13.8 Å². The lowest BCUT2D eigenvalue weighted by molar-refractivity contribution is 0.0103. The topological polar surface area (TPSA) is 54.5 Å². The molecule has 6 heteroatoms. The van der Waals surface area contributed by atoms with Crippen molar-refractivity contribution in [1.29, 1.82) is 0 Å². The number of aryl methyl sites for hydroxylation is 2. The predicted molar refractivity (Wildman–Crippen MR) is 107 cm³/mol. The van der Waals surface area contributed by atoms with E-state index in [0.717, 1.165) is 60.1 Å². The minimum absolute atomic E-state index is 0.101. The Kier molecular flexibility index (Phi) is 4.95. The van der Waals surface area contributed by atoms with E-state index >= 15 is 0 Å². The van der Waals surface area contributed by atoms with Gasteiger partial charge in [-0.3, -0.25) is 4.79 Å². The zero-order valence-electron chi connectivity index (χ0n) is 16.2. The molecule has 0 unspecified atom stereocenters. The zero-order chi connectivity index (χ0) is 19.0. The summed E-state index contributed by atoms with van der Waals surface area (Å²) in [4.78, 5) is 20.0. The maximum Gasteiger partial charge on any atom is 0.265 e. The third-order valence-corrected chi connectivity index (χ3v) is 6.95. The van der Waals surface area contributed by atoms with Gasteiger partial charge in [0.1, 0.15) is 16.2 Å². The molecule has 1 aromatic carbocycles. The summed E-state index contributed by atoms with van der Waals surface area (Å²) in [6, 6.07) is 8.55. The van der Waals surface area contributed by atoms with Crippen LogP contribution in [-0.4, -0.2) is 41.0 Å². The summed E-state index contributed by atoms with van der Waals surface area (Å²) >= 11 is 1.49. The largest absolute Gasteiger partial charge is 0.486 e. The van der Waals surface area contributed by atoms with Gasteiger partial charge in [0.2, 0.25) is 0 Å². The number of carbonyl (C=O) groups excluding carboxylic acids is 1. The molecular formula is C21H27N3O2S. The van der Waals surface area contributed by atoms with Crippen LogP contribution in [0.25, 0.3) is 0 Å². The van der Waals surface area contributed by atoms with Crippen molar-refractivity contribution in [3.05, 3.63) is 45.4 Å². The molecule has 1 spiro atoms. The molecule has 1 fully saturated rings. The first kappa shape index (κ1) is 18.4. The summed E-state index contributed by atoms with van der Waals surface area (Å²) in [6.45, 7) is 5.58. The second-order valence-corrected chi connectivity index (χ2v) is 8.99. The highest BCUT2D eigenvalue weighted by Crippen LogP contribution is 2.37. The van der Waals surface area contributed by atoms with E-state index in [1.165, 1.54) is 16.9 Å². The Morgan fingerprint density at radius 1 is 1.30 bits per heavy atom. The quantitative estimate of drug-likeness (QED) is 0.857. The minimum atomic E-state index is -0.163. The molecule has 1 amide bonds. The molecule has 1 saturated carbocycles. The monoisotopic (exact) mass is 385 g/mol. The smallest absolute Gasteiger partial charge is 0.265 e. The highest BCUT2D eigenvalue weighted by Gasteiger charge is 2.40. The Labute approximate surface area is 164 Å². The van der Waals surface area contributed by atoms with Gasteiger partial charge in [0.25, 0.3) is 5.91 Å². The average molecular weight is 386 g/mol.